The van der Waals surface area contributed by atoms with Gasteiger partial charge in [-0.2, -0.15) is 0 Å². The Labute approximate surface area is 228 Å². The summed E-state index contributed by atoms with van der Waals surface area (Å²) in [5, 5.41) is 12.2. The Morgan fingerprint density at radius 3 is 2.11 bits per heavy atom. The lowest BCUT2D eigenvalue weighted by Gasteiger charge is -2.41. The van der Waals surface area contributed by atoms with Crippen molar-refractivity contribution in [1.29, 1.82) is 0 Å². The van der Waals surface area contributed by atoms with Gasteiger partial charge in [-0.1, -0.05) is 96.6 Å². The van der Waals surface area contributed by atoms with Crippen molar-refractivity contribution in [3.8, 4) is 0 Å². The third-order valence-corrected chi connectivity index (χ3v) is 12.6. The van der Waals surface area contributed by atoms with Crippen LogP contribution < -0.4 is 0 Å². The zero-order chi connectivity index (χ0) is 27.9. The van der Waals surface area contributed by atoms with E-state index in [4.69, 9.17) is 9.16 Å². The van der Waals surface area contributed by atoms with Crippen LogP contribution >= 0.6 is 0 Å². The highest BCUT2D eigenvalue weighted by Crippen LogP contribution is 2.45. The molecule has 0 bridgehead atoms. The molecule has 5 nitrogen and oxygen atoms in total. The SMILES string of the molecule is CCCCCCCCCC1(O)C[C@H](O[Si](C)(C)C(C)(C)C)[C@H](Cc2ccccc2)N1C(=O)OC(C)(C)C. The molecular weight excluding hydrogens is 478 g/mol. The second-order valence-electron chi connectivity index (χ2n) is 13.6. The van der Waals surface area contributed by atoms with Crippen molar-refractivity contribution in [2.24, 2.45) is 0 Å². The normalized spacial score (nSPS) is 22.9. The van der Waals surface area contributed by atoms with Crippen LogP contribution in [0.3, 0.4) is 0 Å². The lowest BCUT2D eigenvalue weighted by molar-refractivity contribution is -0.100. The molecule has 0 radical (unpaired) electrons. The van der Waals surface area contributed by atoms with Gasteiger partial charge in [0.05, 0.1) is 12.1 Å². The molecule has 0 aromatic heterocycles. The zero-order valence-electron chi connectivity index (χ0n) is 25.2. The van der Waals surface area contributed by atoms with Gasteiger partial charge >= 0.3 is 6.09 Å². The van der Waals surface area contributed by atoms with Crippen molar-refractivity contribution in [1.82, 2.24) is 4.90 Å². The molecule has 1 aliphatic rings. The van der Waals surface area contributed by atoms with Gasteiger partial charge in [0.2, 0.25) is 0 Å². The van der Waals surface area contributed by atoms with Crippen molar-refractivity contribution in [2.75, 3.05) is 0 Å². The molecule has 1 aromatic rings. The fraction of sp³-hybridized carbons (Fsp3) is 0.774. The van der Waals surface area contributed by atoms with Gasteiger partial charge in [0, 0.05) is 6.42 Å². The van der Waals surface area contributed by atoms with Crippen LogP contribution in [-0.4, -0.2) is 47.9 Å². The largest absolute Gasteiger partial charge is 0.444 e. The summed E-state index contributed by atoms with van der Waals surface area (Å²) >= 11 is 0. The molecule has 1 saturated heterocycles. The molecule has 1 aromatic carbocycles. The fourth-order valence-electron chi connectivity index (χ4n) is 4.99. The van der Waals surface area contributed by atoms with Crippen LogP contribution in [0.5, 0.6) is 0 Å². The van der Waals surface area contributed by atoms with E-state index in [1.807, 2.05) is 39.0 Å². The number of unbranched alkanes of at least 4 members (excludes halogenated alkanes) is 6. The number of benzene rings is 1. The third kappa shape index (κ3) is 9.40. The van der Waals surface area contributed by atoms with Crippen LogP contribution in [0.2, 0.25) is 18.1 Å². The molecule has 2 rings (SSSR count). The summed E-state index contributed by atoms with van der Waals surface area (Å²) in [5.41, 5.74) is -0.796. The number of nitrogens with zero attached hydrogens (tertiary/aromatic N) is 1. The van der Waals surface area contributed by atoms with Crippen molar-refractivity contribution in [3.05, 3.63) is 35.9 Å². The predicted octanol–water partition coefficient (Wildman–Crippen LogP) is 8.46. The van der Waals surface area contributed by atoms with E-state index in [-0.39, 0.29) is 17.2 Å². The van der Waals surface area contributed by atoms with E-state index in [2.05, 4.69) is 52.9 Å². The van der Waals surface area contributed by atoms with E-state index in [1.165, 1.54) is 32.1 Å². The molecule has 1 unspecified atom stereocenters. The smallest absolute Gasteiger partial charge is 0.412 e. The van der Waals surface area contributed by atoms with Gasteiger partial charge in [-0.05, 0) is 63.7 Å². The highest BCUT2D eigenvalue weighted by atomic mass is 28.4. The topological polar surface area (TPSA) is 59.0 Å². The summed E-state index contributed by atoms with van der Waals surface area (Å²) in [7, 11) is -2.15. The second-order valence-corrected chi connectivity index (χ2v) is 18.3. The molecule has 1 N–H and O–H groups in total. The first kappa shape index (κ1) is 31.8. The van der Waals surface area contributed by atoms with Gasteiger partial charge in [-0.3, -0.25) is 4.90 Å². The first-order valence-corrected chi connectivity index (χ1v) is 17.5. The lowest BCUT2D eigenvalue weighted by atomic mass is 9.99. The summed E-state index contributed by atoms with van der Waals surface area (Å²) in [6, 6.07) is 9.94. The Bertz CT molecular complexity index is 830. The highest BCUT2D eigenvalue weighted by molar-refractivity contribution is 6.74. The van der Waals surface area contributed by atoms with E-state index in [9.17, 15) is 9.90 Å². The maximum Gasteiger partial charge on any atom is 0.412 e. The number of hydrogen-bond donors (Lipinski definition) is 1. The summed E-state index contributed by atoms with van der Waals surface area (Å²) in [4.78, 5) is 15.3. The predicted molar refractivity (Wildman–Crippen MR) is 156 cm³/mol. The monoisotopic (exact) mass is 533 g/mol. The molecule has 6 heteroatoms. The first-order valence-electron chi connectivity index (χ1n) is 14.6. The summed E-state index contributed by atoms with van der Waals surface area (Å²) in [6.07, 6.45) is 9.03. The summed E-state index contributed by atoms with van der Waals surface area (Å²) in [6.45, 7) is 19.1. The zero-order valence-corrected chi connectivity index (χ0v) is 26.2. The lowest BCUT2D eigenvalue weighted by Crippen LogP contribution is -2.54. The molecule has 0 saturated carbocycles. The molecule has 37 heavy (non-hydrogen) atoms. The van der Waals surface area contributed by atoms with Crippen LogP contribution in [-0.2, 0) is 15.6 Å². The Kier molecular flexibility index (Phi) is 11.3. The standard InChI is InChI=1S/C31H55NO4Si/c1-10-11-12-13-14-15-19-22-31(34)24-27(36-37(8,9)30(5,6)7)26(23-25-20-17-16-18-21-25)32(31)28(33)35-29(2,3)4/h16-18,20-21,26-27,34H,10-15,19,22-24H2,1-9H3/t26-,27-,31?/m0/s1. The van der Waals surface area contributed by atoms with Crippen molar-refractivity contribution < 1.29 is 19.1 Å². The summed E-state index contributed by atoms with van der Waals surface area (Å²) in [5.74, 6) is 0. The van der Waals surface area contributed by atoms with Crippen molar-refractivity contribution in [3.63, 3.8) is 0 Å². The maximum atomic E-state index is 13.7. The average Bonchev–Trinajstić information content (AvgIpc) is 3.02. The van der Waals surface area contributed by atoms with Crippen molar-refractivity contribution >= 4 is 14.4 Å². The van der Waals surface area contributed by atoms with Crippen LogP contribution in [0.15, 0.2) is 30.3 Å². The molecule has 1 amide bonds. The van der Waals surface area contributed by atoms with Crippen LogP contribution in [0.1, 0.15) is 112 Å². The van der Waals surface area contributed by atoms with Gasteiger partial charge in [-0.15, -0.1) is 0 Å². The number of carbonyl (C=O) groups excluding carboxylic acids is 1. The van der Waals surface area contributed by atoms with Crippen LogP contribution in [0.4, 0.5) is 4.79 Å². The minimum atomic E-state index is -2.15. The quantitative estimate of drug-likeness (QED) is 0.216. The number of hydrogen-bond acceptors (Lipinski definition) is 4. The van der Waals surface area contributed by atoms with Gasteiger partial charge < -0.3 is 14.3 Å². The number of amides is 1. The number of likely N-dealkylation sites (tertiary alicyclic amines) is 1. The number of carbonyl (C=O) groups is 1. The number of rotatable bonds is 12. The van der Waals surface area contributed by atoms with Crippen molar-refractivity contribution in [2.45, 2.75) is 154 Å². The molecular formula is C31H55NO4Si. The van der Waals surface area contributed by atoms with Gasteiger partial charge in [0.15, 0.2) is 8.32 Å². The summed E-state index contributed by atoms with van der Waals surface area (Å²) < 4.78 is 12.8. The maximum absolute atomic E-state index is 13.7. The Morgan fingerprint density at radius 2 is 1.57 bits per heavy atom. The molecule has 0 spiro atoms. The van der Waals surface area contributed by atoms with Gasteiger partial charge in [0.25, 0.3) is 0 Å². The van der Waals surface area contributed by atoms with E-state index in [0.29, 0.717) is 19.3 Å². The minimum absolute atomic E-state index is 0.0280. The minimum Gasteiger partial charge on any atom is -0.444 e. The fourth-order valence-corrected chi connectivity index (χ4v) is 6.34. The van der Waals surface area contributed by atoms with Gasteiger partial charge in [0.1, 0.15) is 11.3 Å². The Balaban J connectivity index is 2.36. The van der Waals surface area contributed by atoms with E-state index in [1.54, 1.807) is 4.90 Å². The van der Waals surface area contributed by atoms with E-state index < -0.39 is 25.7 Å². The third-order valence-electron chi connectivity index (χ3n) is 8.05. The average molecular weight is 534 g/mol. The molecule has 3 atom stereocenters. The van der Waals surface area contributed by atoms with Gasteiger partial charge in [-0.25, -0.2) is 4.79 Å². The molecule has 1 aliphatic heterocycles. The Hall–Kier alpha value is -1.37. The van der Waals surface area contributed by atoms with E-state index in [0.717, 1.165) is 18.4 Å². The number of ether oxygens (including phenoxy) is 1. The van der Waals surface area contributed by atoms with Crippen LogP contribution in [0, 0.1) is 0 Å². The highest BCUT2D eigenvalue weighted by Gasteiger charge is 2.56. The van der Waals surface area contributed by atoms with E-state index >= 15 is 0 Å². The molecule has 0 aliphatic carbocycles. The second kappa shape index (κ2) is 13.1. The molecule has 212 valence electrons. The number of aliphatic hydroxyl groups is 1. The van der Waals surface area contributed by atoms with Crippen LogP contribution in [0.25, 0.3) is 0 Å². The molecule has 1 fully saturated rings. The molecule has 1 heterocycles. The first-order chi connectivity index (χ1) is 17.1. The Morgan fingerprint density at radius 1 is 1.00 bits per heavy atom.